The number of nitrogens with two attached hydrogens (primary N) is 1. The van der Waals surface area contributed by atoms with Gasteiger partial charge < -0.3 is 16.3 Å². The number of hydrogen-bond donors (Lipinski definition) is 3. The van der Waals surface area contributed by atoms with Gasteiger partial charge in [-0.1, -0.05) is 11.1 Å². The summed E-state index contributed by atoms with van der Waals surface area (Å²) in [5.41, 5.74) is 5.30. The summed E-state index contributed by atoms with van der Waals surface area (Å²) in [5, 5.41) is 14.4. The fourth-order valence-corrected chi connectivity index (χ4v) is 1.40. The van der Waals surface area contributed by atoms with Crippen LogP contribution in [0.15, 0.2) is 5.16 Å². The van der Waals surface area contributed by atoms with Crippen molar-refractivity contribution in [2.24, 2.45) is 10.9 Å². The Bertz CT molecular complexity index is 201. The first-order valence-corrected chi connectivity index (χ1v) is 5.65. The zero-order valence-corrected chi connectivity index (χ0v) is 9.02. The van der Waals surface area contributed by atoms with Crippen LogP contribution in [-0.2, 0) is 0 Å². The second-order valence-electron chi connectivity index (χ2n) is 2.70. The minimum absolute atomic E-state index is 0.286. The van der Waals surface area contributed by atoms with Gasteiger partial charge in [-0.05, 0) is 13.0 Å². The second kappa shape index (κ2) is 10.2. The van der Waals surface area contributed by atoms with Gasteiger partial charge in [-0.3, -0.25) is 0 Å². The molecular weight excluding hydrogens is 198 g/mol. The van der Waals surface area contributed by atoms with E-state index in [2.05, 4.69) is 16.4 Å². The lowest BCUT2D eigenvalue weighted by atomic mass is 10.3. The third-order valence-corrected chi connectivity index (χ3v) is 2.39. The molecular formula is C9H17N3OS. The first-order chi connectivity index (χ1) is 6.81. The van der Waals surface area contributed by atoms with E-state index in [9.17, 15) is 0 Å². The van der Waals surface area contributed by atoms with Gasteiger partial charge in [0.2, 0.25) is 0 Å². The molecule has 0 fully saturated rings. The van der Waals surface area contributed by atoms with E-state index < -0.39 is 0 Å². The highest BCUT2D eigenvalue weighted by Gasteiger charge is 1.93. The molecule has 0 spiro atoms. The second-order valence-corrected chi connectivity index (χ2v) is 3.81. The average molecular weight is 215 g/mol. The summed E-state index contributed by atoms with van der Waals surface area (Å²) in [4.78, 5) is 0. The number of oxime groups is 1. The van der Waals surface area contributed by atoms with Crippen molar-refractivity contribution in [3.63, 3.8) is 0 Å². The summed E-state index contributed by atoms with van der Waals surface area (Å²) in [6.45, 7) is 1.83. The molecule has 4 N–H and O–H groups in total. The van der Waals surface area contributed by atoms with Crippen LogP contribution in [0.3, 0.4) is 0 Å². The van der Waals surface area contributed by atoms with Gasteiger partial charge in [-0.15, -0.1) is 18.2 Å². The third kappa shape index (κ3) is 9.23. The van der Waals surface area contributed by atoms with Gasteiger partial charge >= 0.3 is 0 Å². The fraction of sp³-hybridized carbons (Fsp3) is 0.667. The van der Waals surface area contributed by atoms with Crippen molar-refractivity contribution in [2.45, 2.75) is 12.8 Å². The SMILES string of the molecule is C#CCSCCNCCCC(N)=NO. The highest BCUT2D eigenvalue weighted by atomic mass is 32.2. The Kier molecular flexibility index (Phi) is 9.59. The molecule has 80 valence electrons. The molecule has 0 amide bonds. The molecule has 0 bridgehead atoms. The Morgan fingerprint density at radius 2 is 2.36 bits per heavy atom. The number of thioether (sulfide) groups is 1. The van der Waals surface area contributed by atoms with Crippen molar-refractivity contribution in [1.29, 1.82) is 0 Å². The normalized spacial score (nSPS) is 11.2. The molecule has 0 radical (unpaired) electrons. The van der Waals surface area contributed by atoms with Crippen LogP contribution in [-0.4, -0.2) is 35.6 Å². The van der Waals surface area contributed by atoms with E-state index in [1.54, 1.807) is 11.8 Å². The van der Waals surface area contributed by atoms with Crippen molar-refractivity contribution < 1.29 is 5.21 Å². The molecule has 5 heteroatoms. The molecule has 0 unspecified atom stereocenters. The molecule has 0 rings (SSSR count). The van der Waals surface area contributed by atoms with Crippen LogP contribution in [0.25, 0.3) is 0 Å². The van der Waals surface area contributed by atoms with E-state index in [1.807, 2.05) is 0 Å². The summed E-state index contributed by atoms with van der Waals surface area (Å²) < 4.78 is 0. The summed E-state index contributed by atoms with van der Waals surface area (Å²) in [6, 6.07) is 0. The van der Waals surface area contributed by atoms with E-state index in [1.165, 1.54) is 0 Å². The topological polar surface area (TPSA) is 70.6 Å². The molecule has 0 aromatic rings. The predicted molar refractivity (Wildman–Crippen MR) is 61.7 cm³/mol. The minimum Gasteiger partial charge on any atom is -0.409 e. The number of nitrogens with one attached hydrogen (secondary N) is 1. The quantitative estimate of drug-likeness (QED) is 0.137. The number of nitrogens with zero attached hydrogens (tertiary/aromatic N) is 1. The zero-order valence-electron chi connectivity index (χ0n) is 8.20. The van der Waals surface area contributed by atoms with Gasteiger partial charge in [-0.25, -0.2) is 0 Å². The monoisotopic (exact) mass is 215 g/mol. The van der Waals surface area contributed by atoms with Crippen molar-refractivity contribution >= 4 is 17.6 Å². The van der Waals surface area contributed by atoms with Crippen LogP contribution in [0.2, 0.25) is 0 Å². The minimum atomic E-state index is 0.286. The molecule has 14 heavy (non-hydrogen) atoms. The molecule has 0 saturated heterocycles. The summed E-state index contributed by atoms with van der Waals surface area (Å²) in [7, 11) is 0. The lowest BCUT2D eigenvalue weighted by Gasteiger charge is -2.02. The zero-order chi connectivity index (χ0) is 10.6. The van der Waals surface area contributed by atoms with E-state index in [4.69, 9.17) is 17.4 Å². The van der Waals surface area contributed by atoms with Crippen molar-refractivity contribution in [3.8, 4) is 12.3 Å². The van der Waals surface area contributed by atoms with Crippen LogP contribution >= 0.6 is 11.8 Å². The van der Waals surface area contributed by atoms with E-state index in [0.717, 1.165) is 31.0 Å². The van der Waals surface area contributed by atoms with Gasteiger partial charge in [0, 0.05) is 18.7 Å². The van der Waals surface area contributed by atoms with E-state index in [-0.39, 0.29) is 5.84 Å². The number of rotatable bonds is 8. The van der Waals surface area contributed by atoms with Crippen molar-refractivity contribution in [2.75, 3.05) is 24.6 Å². The first kappa shape index (κ1) is 13.1. The maximum absolute atomic E-state index is 8.26. The van der Waals surface area contributed by atoms with Gasteiger partial charge in [0.25, 0.3) is 0 Å². The van der Waals surface area contributed by atoms with Gasteiger partial charge in [0.05, 0.1) is 5.75 Å². The largest absolute Gasteiger partial charge is 0.409 e. The third-order valence-electron chi connectivity index (χ3n) is 1.52. The number of hydrogen-bond acceptors (Lipinski definition) is 4. The lowest BCUT2D eigenvalue weighted by molar-refractivity contribution is 0.316. The van der Waals surface area contributed by atoms with Crippen molar-refractivity contribution in [3.05, 3.63) is 0 Å². The fourth-order valence-electron chi connectivity index (χ4n) is 0.845. The molecule has 0 atom stereocenters. The van der Waals surface area contributed by atoms with Crippen molar-refractivity contribution in [1.82, 2.24) is 5.32 Å². The number of amidine groups is 1. The van der Waals surface area contributed by atoms with E-state index in [0.29, 0.717) is 6.42 Å². The van der Waals surface area contributed by atoms with E-state index >= 15 is 0 Å². The Morgan fingerprint density at radius 1 is 1.57 bits per heavy atom. The highest BCUT2D eigenvalue weighted by molar-refractivity contribution is 7.99. The Balaban J connectivity index is 3.04. The number of terminal acetylenes is 1. The van der Waals surface area contributed by atoms with Gasteiger partial charge in [0.1, 0.15) is 5.84 Å². The molecule has 0 heterocycles. The molecule has 4 nitrogen and oxygen atoms in total. The molecule has 0 aromatic heterocycles. The molecule has 0 aromatic carbocycles. The lowest BCUT2D eigenvalue weighted by Crippen LogP contribution is -2.20. The van der Waals surface area contributed by atoms with Gasteiger partial charge in [0.15, 0.2) is 0 Å². The van der Waals surface area contributed by atoms with Crippen LogP contribution < -0.4 is 11.1 Å². The molecule has 0 saturated carbocycles. The molecule has 0 aliphatic rings. The predicted octanol–water partition coefficient (Wildman–Crippen LogP) is 0.469. The first-order valence-electron chi connectivity index (χ1n) is 4.49. The maximum atomic E-state index is 8.26. The Labute approximate surface area is 89.3 Å². The average Bonchev–Trinajstić information content (AvgIpc) is 2.21. The Morgan fingerprint density at radius 3 is 3.00 bits per heavy atom. The summed E-state index contributed by atoms with van der Waals surface area (Å²) in [6.07, 6.45) is 6.61. The van der Waals surface area contributed by atoms with Crippen LogP contribution in [0, 0.1) is 12.3 Å². The summed E-state index contributed by atoms with van der Waals surface area (Å²) in [5.74, 6) is 4.64. The van der Waals surface area contributed by atoms with Gasteiger partial charge in [-0.2, -0.15) is 0 Å². The van der Waals surface area contributed by atoms with Crippen LogP contribution in [0.1, 0.15) is 12.8 Å². The standard InChI is InChI=1S/C9H17N3OS/c1-2-7-14-8-6-11-5-3-4-9(10)12-13/h1,11,13H,3-8H2,(H2,10,12). The molecule has 0 aliphatic carbocycles. The van der Waals surface area contributed by atoms with Crippen LogP contribution in [0.4, 0.5) is 0 Å². The smallest absolute Gasteiger partial charge is 0.139 e. The highest BCUT2D eigenvalue weighted by Crippen LogP contribution is 1.95. The maximum Gasteiger partial charge on any atom is 0.139 e. The summed E-state index contributed by atoms with van der Waals surface area (Å²) >= 11 is 1.74. The van der Waals surface area contributed by atoms with Crippen LogP contribution in [0.5, 0.6) is 0 Å². The Hall–Kier alpha value is -0.860. The molecule has 0 aliphatic heterocycles.